The van der Waals surface area contributed by atoms with Crippen LogP contribution in [0, 0.1) is 5.92 Å². The summed E-state index contributed by atoms with van der Waals surface area (Å²) in [4.78, 5) is 2.53. The summed E-state index contributed by atoms with van der Waals surface area (Å²) in [5.41, 5.74) is 2.18. The Kier molecular flexibility index (Phi) is 2.29. The average molecular weight is 325 g/mol. The number of benzene rings is 1. The number of hydrogen-bond donors (Lipinski definition) is 2. The van der Waals surface area contributed by atoms with E-state index in [-0.39, 0.29) is 17.9 Å². The standard InChI is InChI=1S/C20H23NO3/c1-11-6-7-20(23)15-8-13-4-5-14(22)17-16(13)19(20,18(11)24-17)10-21(15)9-12-2-3-12/h4-5,12,15,18,22-23H,1-3,6-10H2/t15-,18-,19?,20+/m0/s1. The number of hydrogen-bond acceptors (Lipinski definition) is 4. The minimum Gasteiger partial charge on any atom is -0.504 e. The smallest absolute Gasteiger partial charge is 0.166 e. The van der Waals surface area contributed by atoms with Gasteiger partial charge in [0.2, 0.25) is 0 Å². The minimum atomic E-state index is -0.764. The van der Waals surface area contributed by atoms with Crippen molar-refractivity contribution in [2.45, 2.75) is 55.3 Å². The number of likely N-dealkylation sites (tertiary alicyclic amines) is 1. The lowest BCUT2D eigenvalue weighted by Gasteiger charge is -2.51. The average Bonchev–Trinajstić information content (AvgIpc) is 3.27. The first-order valence-corrected chi connectivity index (χ1v) is 9.21. The summed E-state index contributed by atoms with van der Waals surface area (Å²) in [6.45, 7) is 6.18. The first kappa shape index (κ1) is 13.7. The highest BCUT2D eigenvalue weighted by Gasteiger charge is 2.74. The molecule has 2 saturated carbocycles. The van der Waals surface area contributed by atoms with Gasteiger partial charge in [-0.1, -0.05) is 12.6 Å². The molecule has 1 saturated heterocycles. The van der Waals surface area contributed by atoms with E-state index < -0.39 is 11.0 Å². The highest BCUT2D eigenvalue weighted by molar-refractivity contribution is 5.64. The molecule has 6 rings (SSSR count). The highest BCUT2D eigenvalue weighted by atomic mass is 16.5. The number of rotatable bonds is 2. The van der Waals surface area contributed by atoms with Crippen LogP contribution in [0.4, 0.5) is 0 Å². The minimum absolute atomic E-state index is 0.167. The van der Waals surface area contributed by atoms with Gasteiger partial charge in [0, 0.05) is 24.7 Å². The fraction of sp³-hybridized carbons (Fsp3) is 0.600. The summed E-state index contributed by atoms with van der Waals surface area (Å²) in [7, 11) is 0. The molecule has 1 aromatic rings. The van der Waals surface area contributed by atoms with Crippen LogP contribution in [0.25, 0.3) is 0 Å². The van der Waals surface area contributed by atoms with Crippen LogP contribution in [-0.4, -0.2) is 45.9 Å². The third-order valence-electron chi connectivity index (χ3n) is 7.37. The zero-order valence-electron chi connectivity index (χ0n) is 13.8. The number of nitrogens with zero attached hydrogens (tertiary/aromatic N) is 1. The first-order chi connectivity index (χ1) is 11.5. The number of phenols is 1. The highest BCUT2D eigenvalue weighted by Crippen LogP contribution is 2.66. The zero-order valence-corrected chi connectivity index (χ0v) is 13.8. The fourth-order valence-corrected chi connectivity index (χ4v) is 6.15. The van der Waals surface area contributed by atoms with Crippen molar-refractivity contribution in [1.82, 2.24) is 4.90 Å². The van der Waals surface area contributed by atoms with E-state index in [1.54, 1.807) is 6.07 Å². The Morgan fingerprint density at radius 1 is 1.33 bits per heavy atom. The topological polar surface area (TPSA) is 52.9 Å². The number of aromatic hydroxyl groups is 1. The van der Waals surface area contributed by atoms with E-state index in [0.717, 1.165) is 49.4 Å². The molecule has 126 valence electrons. The van der Waals surface area contributed by atoms with Crippen molar-refractivity contribution in [3.63, 3.8) is 0 Å². The SMILES string of the molecule is C=C1CC[C@@]2(O)[C@@H]3Cc4ccc(O)c5c4C2(CN3CC2CC2)[C@H]1O5. The van der Waals surface area contributed by atoms with Gasteiger partial charge in [-0.15, -0.1) is 0 Å². The molecule has 4 heteroatoms. The molecule has 1 aromatic carbocycles. The Hall–Kier alpha value is -1.52. The van der Waals surface area contributed by atoms with Crippen molar-refractivity contribution in [2.75, 3.05) is 13.1 Å². The molecule has 2 aliphatic heterocycles. The van der Waals surface area contributed by atoms with Gasteiger partial charge in [-0.2, -0.15) is 0 Å². The van der Waals surface area contributed by atoms with Gasteiger partial charge in [-0.05, 0) is 55.2 Å². The lowest BCUT2D eigenvalue weighted by Crippen LogP contribution is -2.64. The van der Waals surface area contributed by atoms with E-state index in [4.69, 9.17) is 4.74 Å². The van der Waals surface area contributed by atoms with Gasteiger partial charge in [0.15, 0.2) is 11.5 Å². The van der Waals surface area contributed by atoms with Crippen LogP contribution >= 0.6 is 0 Å². The van der Waals surface area contributed by atoms with Crippen molar-refractivity contribution >= 4 is 0 Å². The van der Waals surface area contributed by atoms with E-state index in [9.17, 15) is 10.2 Å². The van der Waals surface area contributed by atoms with Crippen molar-refractivity contribution in [2.24, 2.45) is 5.92 Å². The molecule has 3 aliphatic carbocycles. The Labute approximate surface area is 141 Å². The maximum absolute atomic E-state index is 11.9. The van der Waals surface area contributed by atoms with Crippen LogP contribution in [0.2, 0.25) is 0 Å². The Morgan fingerprint density at radius 3 is 2.96 bits per heavy atom. The van der Waals surface area contributed by atoms with E-state index in [1.165, 1.54) is 18.4 Å². The van der Waals surface area contributed by atoms with Crippen molar-refractivity contribution in [3.05, 3.63) is 35.4 Å². The number of ether oxygens (including phenoxy) is 1. The molecule has 2 heterocycles. The molecule has 0 aromatic heterocycles. The quantitative estimate of drug-likeness (QED) is 0.818. The first-order valence-electron chi connectivity index (χ1n) is 9.21. The summed E-state index contributed by atoms with van der Waals surface area (Å²) in [6.07, 6.45) is 4.86. The van der Waals surface area contributed by atoms with Crippen LogP contribution in [-0.2, 0) is 11.8 Å². The lowest BCUT2D eigenvalue weighted by molar-refractivity contribution is -0.0841. The molecule has 4 atom stereocenters. The molecule has 4 nitrogen and oxygen atoms in total. The summed E-state index contributed by atoms with van der Waals surface area (Å²) in [5, 5.41) is 22.3. The summed E-state index contributed by atoms with van der Waals surface area (Å²) in [6, 6.07) is 3.95. The fourth-order valence-electron chi connectivity index (χ4n) is 6.15. The molecule has 0 radical (unpaired) electrons. The Balaban J connectivity index is 1.61. The number of aliphatic hydroxyl groups is 1. The molecular weight excluding hydrogens is 302 g/mol. The second kappa shape index (κ2) is 4.00. The van der Waals surface area contributed by atoms with Gasteiger partial charge in [-0.25, -0.2) is 0 Å². The largest absolute Gasteiger partial charge is 0.504 e. The van der Waals surface area contributed by atoms with Crippen molar-refractivity contribution < 1.29 is 14.9 Å². The van der Waals surface area contributed by atoms with Crippen LogP contribution in [0.3, 0.4) is 0 Å². The molecule has 1 spiro atoms. The van der Waals surface area contributed by atoms with Gasteiger partial charge in [0.05, 0.1) is 11.0 Å². The third-order valence-corrected chi connectivity index (χ3v) is 7.37. The number of phenolic OH excluding ortho intramolecular Hbond substituents is 1. The van der Waals surface area contributed by atoms with Crippen LogP contribution in [0.1, 0.15) is 36.8 Å². The van der Waals surface area contributed by atoms with Gasteiger partial charge in [0.25, 0.3) is 0 Å². The third kappa shape index (κ3) is 1.33. The van der Waals surface area contributed by atoms with E-state index in [0.29, 0.717) is 5.75 Å². The second-order valence-corrected chi connectivity index (χ2v) is 8.59. The molecule has 1 unspecified atom stereocenters. The maximum Gasteiger partial charge on any atom is 0.166 e. The van der Waals surface area contributed by atoms with Crippen LogP contribution < -0.4 is 4.74 Å². The van der Waals surface area contributed by atoms with E-state index in [1.807, 2.05) is 6.07 Å². The Bertz CT molecular complexity index is 785. The molecule has 5 aliphatic rings. The molecule has 3 fully saturated rings. The molecule has 0 amide bonds. The van der Waals surface area contributed by atoms with Gasteiger partial charge >= 0.3 is 0 Å². The van der Waals surface area contributed by atoms with Crippen molar-refractivity contribution in [1.29, 1.82) is 0 Å². The predicted molar refractivity (Wildman–Crippen MR) is 89.3 cm³/mol. The summed E-state index contributed by atoms with van der Waals surface area (Å²) >= 11 is 0. The maximum atomic E-state index is 11.9. The molecule has 24 heavy (non-hydrogen) atoms. The molecule has 2 bridgehead atoms. The zero-order chi connectivity index (χ0) is 16.3. The molecule has 2 N–H and O–H groups in total. The van der Waals surface area contributed by atoms with Gasteiger partial charge in [-0.3, -0.25) is 4.90 Å². The normalized spacial score (nSPS) is 42.1. The second-order valence-electron chi connectivity index (χ2n) is 8.59. The Morgan fingerprint density at radius 2 is 2.17 bits per heavy atom. The predicted octanol–water partition coefficient (Wildman–Crippen LogP) is 2.12. The van der Waals surface area contributed by atoms with Crippen LogP contribution in [0.5, 0.6) is 11.5 Å². The summed E-state index contributed by atoms with van der Waals surface area (Å²) < 4.78 is 6.26. The van der Waals surface area contributed by atoms with Crippen molar-refractivity contribution in [3.8, 4) is 11.5 Å². The van der Waals surface area contributed by atoms with Gasteiger partial charge < -0.3 is 14.9 Å². The molecular formula is C20H23NO3. The van der Waals surface area contributed by atoms with E-state index >= 15 is 0 Å². The van der Waals surface area contributed by atoms with Crippen LogP contribution in [0.15, 0.2) is 24.3 Å². The van der Waals surface area contributed by atoms with E-state index in [2.05, 4.69) is 11.5 Å². The summed E-state index contributed by atoms with van der Waals surface area (Å²) in [5.74, 6) is 1.60. The lowest BCUT2D eigenvalue weighted by atomic mass is 9.54. The van der Waals surface area contributed by atoms with Gasteiger partial charge in [0.1, 0.15) is 6.10 Å². The monoisotopic (exact) mass is 325 g/mol.